The van der Waals surface area contributed by atoms with Crippen LogP contribution in [0, 0.1) is 5.92 Å². The molecular weight excluding hydrogens is 110 g/mol. The van der Waals surface area contributed by atoms with Gasteiger partial charge in [0.1, 0.15) is 0 Å². The lowest BCUT2D eigenvalue weighted by Crippen LogP contribution is -2.60. The van der Waals surface area contributed by atoms with Crippen LogP contribution < -0.4 is 5.32 Å². The highest BCUT2D eigenvalue weighted by Crippen LogP contribution is 2.28. The van der Waals surface area contributed by atoms with Gasteiger partial charge in [0.25, 0.3) is 0 Å². The van der Waals surface area contributed by atoms with Crippen molar-refractivity contribution in [2.24, 2.45) is 5.92 Å². The average molecular weight is 127 g/mol. The maximum atomic E-state index is 3.42. The van der Waals surface area contributed by atoms with E-state index in [4.69, 9.17) is 0 Å². The van der Waals surface area contributed by atoms with Crippen LogP contribution >= 0.6 is 0 Å². The first-order valence-corrected chi connectivity index (χ1v) is 3.92. The van der Waals surface area contributed by atoms with Crippen LogP contribution in [0.5, 0.6) is 0 Å². The van der Waals surface area contributed by atoms with Crippen molar-refractivity contribution < 1.29 is 0 Å². The Kier molecular flexibility index (Phi) is 1.80. The van der Waals surface area contributed by atoms with E-state index in [1.807, 2.05) is 0 Å². The van der Waals surface area contributed by atoms with Crippen LogP contribution in [0.2, 0.25) is 0 Å². The van der Waals surface area contributed by atoms with Crippen LogP contribution in [-0.2, 0) is 0 Å². The molecule has 1 heterocycles. The van der Waals surface area contributed by atoms with Crippen LogP contribution in [0.1, 0.15) is 33.6 Å². The van der Waals surface area contributed by atoms with E-state index in [2.05, 4.69) is 26.1 Å². The summed E-state index contributed by atoms with van der Waals surface area (Å²) in [6.45, 7) is 8.07. The van der Waals surface area contributed by atoms with Gasteiger partial charge in [0.2, 0.25) is 0 Å². The highest BCUT2D eigenvalue weighted by atomic mass is 15.1. The minimum atomic E-state index is 0.440. The molecule has 1 unspecified atom stereocenters. The average Bonchev–Trinajstić information content (AvgIpc) is 1.81. The van der Waals surface area contributed by atoms with E-state index < -0.39 is 0 Å². The summed E-state index contributed by atoms with van der Waals surface area (Å²) < 4.78 is 0. The van der Waals surface area contributed by atoms with E-state index in [9.17, 15) is 0 Å². The zero-order valence-corrected chi connectivity index (χ0v) is 6.70. The normalized spacial score (nSPS) is 31.7. The molecule has 1 heteroatoms. The minimum Gasteiger partial charge on any atom is -0.311 e. The summed E-state index contributed by atoms with van der Waals surface area (Å²) in [5.74, 6) is 0.933. The standard InChI is InChI=1S/C8H17N/c1-4-5-7-6-9-8(7,2)3/h7,9H,4-6H2,1-3H3. The van der Waals surface area contributed by atoms with Crippen molar-refractivity contribution in [3.05, 3.63) is 0 Å². The summed E-state index contributed by atoms with van der Waals surface area (Å²) in [6.07, 6.45) is 2.72. The van der Waals surface area contributed by atoms with Gasteiger partial charge in [0, 0.05) is 12.1 Å². The lowest BCUT2D eigenvalue weighted by molar-refractivity contribution is 0.129. The molecule has 9 heavy (non-hydrogen) atoms. The Balaban J connectivity index is 2.28. The molecule has 1 N–H and O–H groups in total. The lowest BCUT2D eigenvalue weighted by Gasteiger charge is -2.46. The van der Waals surface area contributed by atoms with Gasteiger partial charge in [-0.15, -0.1) is 0 Å². The Hall–Kier alpha value is -0.0400. The fourth-order valence-electron chi connectivity index (χ4n) is 1.47. The summed E-state index contributed by atoms with van der Waals surface area (Å²) in [5.41, 5.74) is 0.440. The van der Waals surface area contributed by atoms with E-state index in [-0.39, 0.29) is 0 Å². The van der Waals surface area contributed by atoms with Crippen molar-refractivity contribution in [2.75, 3.05) is 6.54 Å². The Morgan fingerprint density at radius 1 is 1.56 bits per heavy atom. The first-order valence-electron chi connectivity index (χ1n) is 3.92. The highest BCUT2D eigenvalue weighted by molar-refractivity contribution is 4.96. The molecule has 0 aromatic rings. The molecule has 0 amide bonds. The second-order valence-electron chi connectivity index (χ2n) is 3.59. The molecule has 1 atom stereocenters. The molecule has 1 saturated heterocycles. The quantitative estimate of drug-likeness (QED) is 0.596. The Bertz CT molecular complexity index is 96.7. The zero-order valence-electron chi connectivity index (χ0n) is 6.70. The zero-order chi connectivity index (χ0) is 6.91. The summed E-state index contributed by atoms with van der Waals surface area (Å²) in [4.78, 5) is 0. The molecule has 0 saturated carbocycles. The molecule has 0 aliphatic carbocycles. The fraction of sp³-hybridized carbons (Fsp3) is 1.00. The third-order valence-electron chi connectivity index (χ3n) is 2.46. The molecular formula is C8H17N. The van der Waals surface area contributed by atoms with Crippen LogP contribution in [0.25, 0.3) is 0 Å². The SMILES string of the molecule is CCCC1CNC1(C)C. The van der Waals surface area contributed by atoms with Gasteiger partial charge >= 0.3 is 0 Å². The second kappa shape index (κ2) is 2.30. The van der Waals surface area contributed by atoms with Gasteiger partial charge in [-0.1, -0.05) is 13.3 Å². The molecule has 1 fully saturated rings. The molecule has 1 aliphatic heterocycles. The molecule has 1 aliphatic rings. The molecule has 0 bridgehead atoms. The highest BCUT2D eigenvalue weighted by Gasteiger charge is 2.36. The molecule has 1 nitrogen and oxygen atoms in total. The van der Waals surface area contributed by atoms with Crippen molar-refractivity contribution in [1.82, 2.24) is 5.32 Å². The van der Waals surface area contributed by atoms with Crippen molar-refractivity contribution in [1.29, 1.82) is 0 Å². The third kappa shape index (κ3) is 1.26. The Morgan fingerprint density at radius 2 is 2.22 bits per heavy atom. The largest absolute Gasteiger partial charge is 0.311 e. The van der Waals surface area contributed by atoms with E-state index in [1.54, 1.807) is 0 Å². The molecule has 0 aromatic heterocycles. The summed E-state index contributed by atoms with van der Waals surface area (Å²) >= 11 is 0. The smallest absolute Gasteiger partial charge is 0.0165 e. The van der Waals surface area contributed by atoms with Crippen molar-refractivity contribution >= 4 is 0 Å². The first kappa shape index (κ1) is 7.07. The van der Waals surface area contributed by atoms with Gasteiger partial charge in [0.05, 0.1) is 0 Å². The number of rotatable bonds is 2. The monoisotopic (exact) mass is 127 g/mol. The minimum absolute atomic E-state index is 0.440. The van der Waals surface area contributed by atoms with Crippen molar-refractivity contribution in [2.45, 2.75) is 39.2 Å². The molecule has 54 valence electrons. The van der Waals surface area contributed by atoms with E-state index in [0.717, 1.165) is 5.92 Å². The fourth-order valence-corrected chi connectivity index (χ4v) is 1.47. The van der Waals surface area contributed by atoms with Gasteiger partial charge in [-0.2, -0.15) is 0 Å². The molecule has 1 rings (SSSR count). The van der Waals surface area contributed by atoms with Crippen LogP contribution in [-0.4, -0.2) is 12.1 Å². The maximum absolute atomic E-state index is 3.42. The van der Waals surface area contributed by atoms with Crippen molar-refractivity contribution in [3.63, 3.8) is 0 Å². The molecule has 0 aromatic carbocycles. The van der Waals surface area contributed by atoms with Gasteiger partial charge in [0.15, 0.2) is 0 Å². The van der Waals surface area contributed by atoms with Gasteiger partial charge in [-0.25, -0.2) is 0 Å². The first-order chi connectivity index (χ1) is 4.17. The van der Waals surface area contributed by atoms with Crippen molar-refractivity contribution in [3.8, 4) is 0 Å². The summed E-state index contributed by atoms with van der Waals surface area (Å²) in [5, 5.41) is 3.42. The number of nitrogens with one attached hydrogen (secondary N) is 1. The van der Waals surface area contributed by atoms with Crippen LogP contribution in [0.4, 0.5) is 0 Å². The summed E-state index contributed by atoms with van der Waals surface area (Å²) in [6, 6.07) is 0. The van der Waals surface area contributed by atoms with E-state index >= 15 is 0 Å². The third-order valence-corrected chi connectivity index (χ3v) is 2.46. The Morgan fingerprint density at radius 3 is 2.33 bits per heavy atom. The number of hydrogen-bond acceptors (Lipinski definition) is 1. The topological polar surface area (TPSA) is 12.0 Å². The summed E-state index contributed by atoms with van der Waals surface area (Å²) in [7, 11) is 0. The predicted octanol–water partition coefficient (Wildman–Crippen LogP) is 1.78. The second-order valence-corrected chi connectivity index (χ2v) is 3.59. The van der Waals surface area contributed by atoms with E-state index in [0.29, 0.717) is 5.54 Å². The van der Waals surface area contributed by atoms with Gasteiger partial charge in [-0.05, 0) is 26.2 Å². The molecule has 0 spiro atoms. The molecule has 0 radical (unpaired) electrons. The maximum Gasteiger partial charge on any atom is 0.0165 e. The Labute approximate surface area is 57.8 Å². The lowest BCUT2D eigenvalue weighted by atomic mass is 9.77. The van der Waals surface area contributed by atoms with Gasteiger partial charge < -0.3 is 5.32 Å². The number of hydrogen-bond donors (Lipinski definition) is 1. The van der Waals surface area contributed by atoms with Crippen LogP contribution in [0.3, 0.4) is 0 Å². The van der Waals surface area contributed by atoms with E-state index in [1.165, 1.54) is 19.4 Å². The van der Waals surface area contributed by atoms with Crippen LogP contribution in [0.15, 0.2) is 0 Å². The predicted molar refractivity (Wildman–Crippen MR) is 40.5 cm³/mol. The van der Waals surface area contributed by atoms with Gasteiger partial charge in [-0.3, -0.25) is 0 Å².